The number of hydrogen-bond acceptors (Lipinski definition) is 3. The Morgan fingerprint density at radius 3 is 2.50 bits per heavy atom. The van der Waals surface area contributed by atoms with E-state index in [2.05, 4.69) is 23.6 Å². The van der Waals surface area contributed by atoms with Crippen LogP contribution in [0.4, 0.5) is 0 Å². The smallest absolute Gasteiger partial charge is 0.258 e. The molecule has 1 unspecified atom stereocenters. The maximum atomic E-state index is 11.7. The molecule has 0 saturated heterocycles. The van der Waals surface area contributed by atoms with Gasteiger partial charge < -0.3 is 15.4 Å². The van der Waals surface area contributed by atoms with Gasteiger partial charge >= 0.3 is 0 Å². The minimum atomic E-state index is -0.235. The first-order valence-electron chi connectivity index (χ1n) is 6.94. The molecule has 0 saturated carbocycles. The summed E-state index contributed by atoms with van der Waals surface area (Å²) in [7, 11) is 1.93. The van der Waals surface area contributed by atoms with Crippen LogP contribution in [0.15, 0.2) is 18.2 Å². The Bertz CT molecular complexity index is 464. The van der Waals surface area contributed by atoms with Gasteiger partial charge in [-0.1, -0.05) is 12.1 Å². The molecule has 112 valence electrons. The van der Waals surface area contributed by atoms with E-state index in [-0.39, 0.29) is 18.1 Å². The lowest BCUT2D eigenvalue weighted by molar-refractivity contribution is -0.124. The largest absolute Gasteiger partial charge is 0.484 e. The summed E-state index contributed by atoms with van der Waals surface area (Å²) in [6, 6.07) is 6.32. The average molecular weight is 278 g/mol. The topological polar surface area (TPSA) is 50.4 Å². The molecule has 1 atom stereocenters. The lowest BCUT2D eigenvalue weighted by Crippen LogP contribution is -2.43. The lowest BCUT2D eigenvalue weighted by Gasteiger charge is -2.21. The highest BCUT2D eigenvalue weighted by Gasteiger charge is 2.14. The number of aryl methyl sites for hydroxylation is 1. The van der Waals surface area contributed by atoms with Gasteiger partial charge in [0, 0.05) is 11.6 Å². The zero-order chi connectivity index (χ0) is 15.3. The van der Waals surface area contributed by atoms with Gasteiger partial charge in [0.2, 0.25) is 0 Å². The van der Waals surface area contributed by atoms with E-state index < -0.39 is 0 Å². The van der Waals surface area contributed by atoms with Crippen LogP contribution >= 0.6 is 0 Å². The van der Waals surface area contributed by atoms with E-state index in [1.54, 1.807) is 0 Å². The zero-order valence-corrected chi connectivity index (χ0v) is 13.3. The maximum Gasteiger partial charge on any atom is 0.258 e. The summed E-state index contributed by atoms with van der Waals surface area (Å²) in [5.41, 5.74) is 2.01. The Balaban J connectivity index is 2.63. The van der Waals surface area contributed by atoms with Crippen LogP contribution in [0, 0.1) is 6.92 Å². The molecule has 4 heteroatoms. The number of carbonyl (C=O) groups excluding carboxylic acids is 1. The van der Waals surface area contributed by atoms with E-state index in [1.165, 1.54) is 5.56 Å². The molecule has 4 nitrogen and oxygen atoms in total. The van der Waals surface area contributed by atoms with E-state index in [1.807, 2.05) is 46.9 Å². The summed E-state index contributed by atoms with van der Waals surface area (Å²) in [5, 5.41) is 6.07. The lowest BCUT2D eigenvalue weighted by atomic mass is 10.1. The summed E-state index contributed by atoms with van der Waals surface area (Å²) in [6.07, 6.45) is 0. The van der Waals surface area contributed by atoms with Crippen LogP contribution in [0.2, 0.25) is 0 Å². The molecule has 0 aromatic heterocycles. The number of nitrogens with one attached hydrogen (secondary N) is 2. The predicted molar refractivity (Wildman–Crippen MR) is 82.0 cm³/mol. The monoisotopic (exact) mass is 278 g/mol. The normalized spacial score (nSPS) is 12.9. The fourth-order valence-electron chi connectivity index (χ4n) is 1.87. The van der Waals surface area contributed by atoms with Crippen LogP contribution in [-0.2, 0) is 4.79 Å². The Labute approximate surface area is 121 Å². The molecule has 0 bridgehead atoms. The molecule has 1 aromatic carbocycles. The Morgan fingerprint density at radius 1 is 1.35 bits per heavy atom. The third kappa shape index (κ3) is 5.21. The molecule has 0 fully saturated rings. The van der Waals surface area contributed by atoms with Gasteiger partial charge in [0.1, 0.15) is 5.75 Å². The van der Waals surface area contributed by atoms with Gasteiger partial charge in [-0.2, -0.15) is 0 Å². The number of benzene rings is 1. The fraction of sp³-hybridized carbons (Fsp3) is 0.562. The van der Waals surface area contributed by atoms with Crippen molar-refractivity contribution in [2.45, 2.75) is 46.2 Å². The van der Waals surface area contributed by atoms with Crippen LogP contribution in [-0.4, -0.2) is 25.1 Å². The second-order valence-corrected chi connectivity index (χ2v) is 6.12. The minimum Gasteiger partial charge on any atom is -0.484 e. The van der Waals surface area contributed by atoms with E-state index >= 15 is 0 Å². The quantitative estimate of drug-likeness (QED) is 0.870. The van der Waals surface area contributed by atoms with Crippen molar-refractivity contribution in [3.8, 4) is 5.75 Å². The van der Waals surface area contributed by atoms with Gasteiger partial charge in [-0.15, -0.1) is 0 Å². The Morgan fingerprint density at radius 2 is 2.00 bits per heavy atom. The number of rotatable bonds is 5. The third-order valence-electron chi connectivity index (χ3n) is 3.01. The van der Waals surface area contributed by atoms with Crippen LogP contribution in [0.3, 0.4) is 0 Å². The highest BCUT2D eigenvalue weighted by molar-refractivity contribution is 5.78. The highest BCUT2D eigenvalue weighted by Crippen LogP contribution is 2.22. The number of hydrogen-bond donors (Lipinski definition) is 2. The van der Waals surface area contributed by atoms with Crippen LogP contribution in [0.1, 0.15) is 44.9 Å². The molecule has 1 rings (SSSR count). The van der Waals surface area contributed by atoms with E-state index in [4.69, 9.17) is 4.74 Å². The Kier molecular flexibility index (Phi) is 5.57. The van der Waals surface area contributed by atoms with E-state index in [0.29, 0.717) is 6.04 Å². The van der Waals surface area contributed by atoms with Crippen molar-refractivity contribution in [3.05, 3.63) is 29.3 Å². The molecule has 20 heavy (non-hydrogen) atoms. The fourth-order valence-corrected chi connectivity index (χ4v) is 1.87. The van der Waals surface area contributed by atoms with E-state index in [9.17, 15) is 4.79 Å². The minimum absolute atomic E-state index is 0.0407. The molecule has 2 N–H and O–H groups in total. The van der Waals surface area contributed by atoms with Crippen molar-refractivity contribution in [2.75, 3.05) is 13.7 Å². The number of carbonyl (C=O) groups is 1. The summed E-state index contributed by atoms with van der Waals surface area (Å²) < 4.78 is 5.58. The summed E-state index contributed by atoms with van der Waals surface area (Å²) in [6.45, 7) is 9.98. The maximum absolute atomic E-state index is 11.7. The van der Waals surface area contributed by atoms with Gasteiger partial charge in [0.25, 0.3) is 5.91 Å². The molecular weight excluding hydrogens is 252 g/mol. The molecule has 1 aromatic rings. The van der Waals surface area contributed by atoms with Crippen molar-refractivity contribution in [1.82, 2.24) is 10.6 Å². The Hall–Kier alpha value is -1.55. The van der Waals surface area contributed by atoms with Crippen LogP contribution in [0.25, 0.3) is 0 Å². The van der Waals surface area contributed by atoms with Crippen molar-refractivity contribution in [2.24, 2.45) is 0 Å². The SMILES string of the molecule is CNC(C)c1ccc(OCC(=O)NC(C)(C)C)c(C)c1. The van der Waals surface area contributed by atoms with Crippen LogP contribution < -0.4 is 15.4 Å². The average Bonchev–Trinajstić information content (AvgIpc) is 2.34. The summed E-state index contributed by atoms with van der Waals surface area (Å²) in [4.78, 5) is 11.7. The molecule has 0 aliphatic carbocycles. The predicted octanol–water partition coefficient (Wildman–Crippen LogP) is 2.57. The standard InChI is InChI=1S/C16H26N2O2/c1-11-9-13(12(2)17-6)7-8-14(11)20-10-15(19)18-16(3,4)5/h7-9,12,17H,10H2,1-6H3,(H,18,19). The molecule has 1 amide bonds. The van der Waals surface area contributed by atoms with Gasteiger partial charge in [-0.3, -0.25) is 4.79 Å². The highest BCUT2D eigenvalue weighted by atomic mass is 16.5. The first kappa shape index (κ1) is 16.5. The molecule has 0 aliphatic rings. The van der Waals surface area contributed by atoms with Crippen molar-refractivity contribution >= 4 is 5.91 Å². The number of amides is 1. The molecule has 0 aliphatic heterocycles. The van der Waals surface area contributed by atoms with Gasteiger partial charge in [-0.05, 0) is 58.9 Å². The second-order valence-electron chi connectivity index (χ2n) is 6.12. The second kappa shape index (κ2) is 6.75. The van der Waals surface area contributed by atoms with E-state index in [0.717, 1.165) is 11.3 Å². The summed E-state index contributed by atoms with van der Waals surface area (Å²) in [5.74, 6) is 0.644. The van der Waals surface area contributed by atoms with Crippen molar-refractivity contribution in [1.29, 1.82) is 0 Å². The molecule has 0 spiro atoms. The van der Waals surface area contributed by atoms with Gasteiger partial charge in [0.05, 0.1) is 0 Å². The van der Waals surface area contributed by atoms with Crippen molar-refractivity contribution < 1.29 is 9.53 Å². The number of ether oxygens (including phenoxy) is 1. The first-order chi connectivity index (χ1) is 9.23. The van der Waals surface area contributed by atoms with Gasteiger partial charge in [-0.25, -0.2) is 0 Å². The van der Waals surface area contributed by atoms with Gasteiger partial charge in [0.15, 0.2) is 6.61 Å². The molecule has 0 heterocycles. The first-order valence-corrected chi connectivity index (χ1v) is 6.94. The zero-order valence-electron chi connectivity index (χ0n) is 13.3. The molecule has 0 radical (unpaired) electrons. The third-order valence-corrected chi connectivity index (χ3v) is 3.01. The summed E-state index contributed by atoms with van der Waals surface area (Å²) >= 11 is 0. The van der Waals surface area contributed by atoms with Crippen LogP contribution in [0.5, 0.6) is 5.75 Å². The van der Waals surface area contributed by atoms with Crippen molar-refractivity contribution in [3.63, 3.8) is 0 Å². The molecular formula is C16H26N2O2.